The molecule has 0 heteroatoms. The van der Waals surface area contributed by atoms with Gasteiger partial charge in [-0.25, -0.2) is 0 Å². The highest BCUT2D eigenvalue weighted by Crippen LogP contribution is 2.41. The Kier molecular flexibility index (Phi) is 33.8. The highest BCUT2D eigenvalue weighted by Gasteiger charge is 2.14. The van der Waals surface area contributed by atoms with Crippen LogP contribution < -0.4 is 0 Å². The van der Waals surface area contributed by atoms with Crippen LogP contribution in [0.25, 0.3) is 140 Å². The van der Waals surface area contributed by atoms with Crippen molar-refractivity contribution in [1.29, 1.82) is 0 Å². The number of hydrogen-bond donors (Lipinski definition) is 0. The zero-order valence-electron chi connectivity index (χ0n) is 69.1. The predicted molar refractivity (Wildman–Crippen MR) is 483 cm³/mol. The quantitative estimate of drug-likeness (QED) is 0.133. The minimum atomic E-state index is 1.33. The molecule has 0 radical (unpaired) electrons. The number of aryl methyl sites for hydroxylation is 10. The summed E-state index contributed by atoms with van der Waals surface area (Å²) >= 11 is 0. The number of hydrogen-bond acceptors (Lipinski definition) is 0. The molecule has 104 heavy (non-hydrogen) atoms. The lowest BCUT2D eigenvalue weighted by atomic mass is 9.90. The SMILES string of the molecule is CC.CC.CC.CC.CC.CC.CC.CC.CC.Cc1cc2c3ccccc3c(C)cc2c2ccccc12.Cc1cc2ccc3cc(C)cc4ccc(c1)c2c34.Cc1cc2cccc3c(C)cc4cccc1c4c23.Cc1ccc2ccc(C)cc2c1.Cc1ccc2ccc3c(C)ccc4ccc1c2c43. The van der Waals surface area contributed by atoms with Gasteiger partial charge in [0.25, 0.3) is 0 Å². The van der Waals surface area contributed by atoms with Gasteiger partial charge in [-0.2, -0.15) is 0 Å². The third kappa shape index (κ3) is 18.4. The van der Waals surface area contributed by atoms with Crippen molar-refractivity contribution in [2.45, 2.75) is 194 Å². The Morgan fingerprint density at radius 2 is 0.365 bits per heavy atom. The number of benzene rings is 18. The van der Waals surface area contributed by atoms with E-state index >= 15 is 0 Å². The van der Waals surface area contributed by atoms with Crippen molar-refractivity contribution < 1.29 is 0 Å². The average Bonchev–Trinajstić information content (AvgIpc) is 0.755. The van der Waals surface area contributed by atoms with Crippen LogP contribution in [-0.2, 0) is 0 Å². The molecule has 18 aromatic rings. The Morgan fingerprint density at radius 1 is 0.125 bits per heavy atom. The first-order valence-corrected chi connectivity index (χ1v) is 39.5. The van der Waals surface area contributed by atoms with E-state index < -0.39 is 0 Å². The molecule has 0 atom stereocenters. The molecule has 540 valence electrons. The summed E-state index contributed by atoms with van der Waals surface area (Å²) in [5, 5.41) is 35.7. The zero-order chi connectivity index (χ0) is 77.1. The fraction of sp³-hybridized carbons (Fsp3) is 0.269. The minimum absolute atomic E-state index is 1.33. The summed E-state index contributed by atoms with van der Waals surface area (Å²) < 4.78 is 0. The normalized spacial score (nSPS) is 10.1. The molecule has 0 aromatic heterocycles. The first-order chi connectivity index (χ1) is 50.7. The van der Waals surface area contributed by atoms with Gasteiger partial charge in [0.05, 0.1) is 0 Å². The molecule has 0 unspecified atom stereocenters. The monoisotopic (exact) mass is 1370 g/mol. The van der Waals surface area contributed by atoms with Crippen LogP contribution in [0, 0.1) is 69.2 Å². The molecule has 0 N–H and O–H groups in total. The van der Waals surface area contributed by atoms with Crippen molar-refractivity contribution in [1.82, 2.24) is 0 Å². The smallest absolute Gasteiger partial charge is 0.00239 e. The van der Waals surface area contributed by atoms with Crippen molar-refractivity contribution in [3.05, 3.63) is 298 Å². The zero-order valence-corrected chi connectivity index (χ0v) is 69.1. The van der Waals surface area contributed by atoms with Gasteiger partial charge in [0.2, 0.25) is 0 Å². The van der Waals surface area contributed by atoms with E-state index in [4.69, 9.17) is 0 Å². The number of rotatable bonds is 0. The fourth-order valence-electron chi connectivity index (χ4n) is 14.3. The van der Waals surface area contributed by atoms with Crippen LogP contribution in [0.15, 0.2) is 243 Å². The standard InChI is InChI=1S/C20H16.3C18H14.C12H12.9C2H6/c1-13-11-19-18-10-6-4-8-16(18)14(2)12-20(19)17-9-5-3-7-15(13)17;1-11-9-13-5-4-8-16-12(2)10-14-6-3-7-15(11)17(14)18(13)16;1-11-7-13-3-5-15-9-12(2)10-16-6-4-14(8-11)17(13)18(15)16;1-11-3-5-13-8-10-16-12(2)4-6-14-7-9-15(11)17(13)18(14)16;1-9-3-5-11-6-4-10(2)8-12(11)7-9;9*1-2/h3-12H,1-2H3;3*3-10H,1-2H3;3-8H,1-2H3;9*1-2H3. The summed E-state index contributed by atoms with van der Waals surface area (Å²) in [6.07, 6.45) is 0. The maximum atomic E-state index is 2.33. The second-order valence-corrected chi connectivity index (χ2v) is 24.6. The molecule has 0 saturated carbocycles. The van der Waals surface area contributed by atoms with Gasteiger partial charge in [0, 0.05) is 0 Å². The van der Waals surface area contributed by atoms with E-state index in [1.807, 2.05) is 125 Å². The third-order valence-corrected chi connectivity index (χ3v) is 18.4. The van der Waals surface area contributed by atoms with Gasteiger partial charge in [0.15, 0.2) is 0 Å². The van der Waals surface area contributed by atoms with Crippen molar-refractivity contribution in [2.24, 2.45) is 0 Å². The van der Waals surface area contributed by atoms with Gasteiger partial charge in [-0.1, -0.05) is 378 Å². The molecule has 18 rings (SSSR count). The van der Waals surface area contributed by atoms with Crippen LogP contribution in [0.3, 0.4) is 0 Å². The van der Waals surface area contributed by atoms with Gasteiger partial charge in [-0.3, -0.25) is 0 Å². The summed E-state index contributed by atoms with van der Waals surface area (Å²) in [5.41, 5.74) is 13.5. The largest absolute Gasteiger partial charge is 0.0683 e. The van der Waals surface area contributed by atoms with E-state index in [1.165, 1.54) is 196 Å². The second kappa shape index (κ2) is 41.4. The third-order valence-electron chi connectivity index (χ3n) is 18.4. The van der Waals surface area contributed by atoms with Gasteiger partial charge in [0.1, 0.15) is 0 Å². The minimum Gasteiger partial charge on any atom is -0.0683 e. The Balaban J connectivity index is 0.000000222. The Hall–Kier alpha value is -9.88. The molecule has 0 aliphatic carbocycles. The maximum absolute atomic E-state index is 2.33. The van der Waals surface area contributed by atoms with Crippen LogP contribution in [-0.4, -0.2) is 0 Å². The average molecular weight is 1370 g/mol. The Bertz CT molecular complexity index is 5210. The van der Waals surface area contributed by atoms with E-state index in [0.717, 1.165) is 0 Å². The first kappa shape index (κ1) is 84.8. The Morgan fingerprint density at radius 3 is 0.702 bits per heavy atom. The maximum Gasteiger partial charge on any atom is -0.00239 e. The van der Waals surface area contributed by atoms with Crippen molar-refractivity contribution in [3.8, 4) is 0 Å². The van der Waals surface area contributed by atoms with E-state index in [9.17, 15) is 0 Å². The van der Waals surface area contributed by atoms with Crippen LogP contribution in [0.2, 0.25) is 0 Å². The van der Waals surface area contributed by atoms with Crippen LogP contribution in [0.1, 0.15) is 180 Å². The van der Waals surface area contributed by atoms with E-state index in [2.05, 4.69) is 312 Å². The van der Waals surface area contributed by atoms with Gasteiger partial charge < -0.3 is 0 Å². The Labute approximate surface area is 628 Å². The van der Waals surface area contributed by atoms with Crippen molar-refractivity contribution in [2.75, 3.05) is 0 Å². The summed E-state index contributed by atoms with van der Waals surface area (Å²) in [4.78, 5) is 0. The summed E-state index contributed by atoms with van der Waals surface area (Å²) in [6.45, 7) is 57.8. The summed E-state index contributed by atoms with van der Waals surface area (Å²) in [6, 6.07) is 89.0. The molecule has 0 fully saturated rings. The summed E-state index contributed by atoms with van der Waals surface area (Å²) in [5.74, 6) is 0. The molecule has 0 aliphatic heterocycles. The lowest BCUT2D eigenvalue weighted by Crippen LogP contribution is -1.88. The molecule has 0 aliphatic rings. The summed E-state index contributed by atoms with van der Waals surface area (Å²) in [7, 11) is 0. The lowest BCUT2D eigenvalue weighted by Gasteiger charge is -2.14. The van der Waals surface area contributed by atoms with E-state index in [1.54, 1.807) is 0 Å². The van der Waals surface area contributed by atoms with E-state index in [-0.39, 0.29) is 0 Å². The fourth-order valence-corrected chi connectivity index (χ4v) is 14.3. The van der Waals surface area contributed by atoms with Gasteiger partial charge in [-0.05, 0) is 254 Å². The molecule has 18 aromatic carbocycles. The molecule has 0 amide bonds. The molecular formula is C104H124. The highest BCUT2D eigenvalue weighted by molar-refractivity contribution is 6.27. The van der Waals surface area contributed by atoms with Crippen LogP contribution >= 0.6 is 0 Å². The number of fused-ring (bicyclic) bond motifs is 6. The van der Waals surface area contributed by atoms with Gasteiger partial charge in [-0.15, -0.1) is 0 Å². The molecule has 0 bridgehead atoms. The van der Waals surface area contributed by atoms with E-state index in [0.29, 0.717) is 0 Å². The van der Waals surface area contributed by atoms with Crippen LogP contribution in [0.4, 0.5) is 0 Å². The first-order valence-electron chi connectivity index (χ1n) is 39.5. The topological polar surface area (TPSA) is 0 Å². The predicted octanol–water partition coefficient (Wildman–Crippen LogP) is 34.1. The molecule has 0 heterocycles. The molecule has 0 saturated heterocycles. The second-order valence-electron chi connectivity index (χ2n) is 24.6. The van der Waals surface area contributed by atoms with Crippen LogP contribution in [0.5, 0.6) is 0 Å². The molecular weight excluding hydrogens is 1250 g/mol. The van der Waals surface area contributed by atoms with Crippen molar-refractivity contribution >= 4 is 140 Å². The molecule has 0 spiro atoms. The lowest BCUT2D eigenvalue weighted by molar-refractivity contribution is 1.47. The highest BCUT2D eigenvalue weighted by atomic mass is 14.2. The van der Waals surface area contributed by atoms with Crippen molar-refractivity contribution in [3.63, 3.8) is 0 Å². The molecule has 0 nitrogen and oxygen atoms in total. The van der Waals surface area contributed by atoms with Gasteiger partial charge >= 0.3 is 0 Å².